The van der Waals surface area contributed by atoms with E-state index in [-0.39, 0.29) is 16.3 Å². The summed E-state index contributed by atoms with van der Waals surface area (Å²) in [5.41, 5.74) is 11.6. The third-order valence-electron chi connectivity index (χ3n) is 2.18. The lowest BCUT2D eigenvalue weighted by Gasteiger charge is -2.23. The Bertz CT molecular complexity index is 502. The summed E-state index contributed by atoms with van der Waals surface area (Å²) in [6.45, 7) is 0. The number of fused-ring (bicyclic) bond motifs is 1. The molecule has 0 amide bonds. The predicted octanol–water partition coefficient (Wildman–Crippen LogP) is 1.31. The van der Waals surface area contributed by atoms with Crippen LogP contribution in [-0.2, 0) is 0 Å². The number of hydrogen-bond acceptors (Lipinski definition) is 3. The molecular formula is C10H8F2N2OS. The second kappa shape index (κ2) is 3.80. The van der Waals surface area contributed by atoms with Gasteiger partial charge in [-0.05, 0) is 12.1 Å². The van der Waals surface area contributed by atoms with Gasteiger partial charge in [0.25, 0.3) is 0 Å². The van der Waals surface area contributed by atoms with E-state index in [0.29, 0.717) is 5.57 Å². The van der Waals surface area contributed by atoms with Crippen LogP contribution in [0, 0.1) is 11.6 Å². The third kappa shape index (κ3) is 1.77. The molecule has 2 rings (SSSR count). The van der Waals surface area contributed by atoms with E-state index < -0.39 is 17.9 Å². The SMILES string of the molecule is NC(=S)C1=Cc2cc(F)cc(F)c2OC1N. The zero-order valence-electron chi connectivity index (χ0n) is 8.04. The average Bonchev–Trinajstić information content (AvgIpc) is 2.18. The molecule has 0 aliphatic carbocycles. The standard InChI is InChI=1S/C10H8F2N2OS/c11-5-1-4-2-6(10(14)16)9(13)15-8(4)7(12)3-5/h1-3,9H,13H2,(H2,14,16). The zero-order chi connectivity index (χ0) is 11.9. The number of nitrogens with two attached hydrogens (primary N) is 2. The molecule has 0 aromatic heterocycles. The molecule has 1 unspecified atom stereocenters. The number of thiocarbonyl (C=S) groups is 1. The normalized spacial score (nSPS) is 18.4. The van der Waals surface area contributed by atoms with Crippen molar-refractivity contribution in [3.63, 3.8) is 0 Å². The maximum Gasteiger partial charge on any atom is 0.177 e. The second-order valence-corrected chi connectivity index (χ2v) is 3.75. The Balaban J connectivity index is 2.59. The van der Waals surface area contributed by atoms with Crippen molar-refractivity contribution >= 4 is 23.3 Å². The minimum Gasteiger partial charge on any atom is -0.468 e. The Morgan fingerprint density at radius 3 is 2.69 bits per heavy atom. The summed E-state index contributed by atoms with van der Waals surface area (Å²) in [4.78, 5) is 0.0443. The highest BCUT2D eigenvalue weighted by molar-refractivity contribution is 7.80. The van der Waals surface area contributed by atoms with Gasteiger partial charge in [0.2, 0.25) is 0 Å². The molecule has 0 radical (unpaired) electrons. The van der Waals surface area contributed by atoms with E-state index in [1.165, 1.54) is 6.08 Å². The molecule has 0 fully saturated rings. The first-order valence-electron chi connectivity index (χ1n) is 4.41. The minimum absolute atomic E-state index is 0.0443. The fourth-order valence-electron chi connectivity index (χ4n) is 1.46. The van der Waals surface area contributed by atoms with E-state index in [2.05, 4.69) is 0 Å². The van der Waals surface area contributed by atoms with Crippen LogP contribution in [0.3, 0.4) is 0 Å². The van der Waals surface area contributed by atoms with Crippen molar-refractivity contribution in [1.29, 1.82) is 0 Å². The van der Waals surface area contributed by atoms with Crippen molar-refractivity contribution in [2.75, 3.05) is 0 Å². The first kappa shape index (κ1) is 11.0. The lowest BCUT2D eigenvalue weighted by Crippen LogP contribution is -2.37. The van der Waals surface area contributed by atoms with E-state index in [9.17, 15) is 8.78 Å². The number of rotatable bonds is 1. The van der Waals surface area contributed by atoms with Gasteiger partial charge in [0, 0.05) is 17.2 Å². The summed E-state index contributed by atoms with van der Waals surface area (Å²) < 4.78 is 31.4. The molecule has 0 saturated carbocycles. The molecule has 16 heavy (non-hydrogen) atoms. The number of ether oxygens (including phenoxy) is 1. The van der Waals surface area contributed by atoms with E-state index >= 15 is 0 Å². The Labute approximate surface area is 95.7 Å². The van der Waals surface area contributed by atoms with E-state index in [1.807, 2.05) is 0 Å². The highest BCUT2D eigenvalue weighted by atomic mass is 32.1. The fraction of sp³-hybridized carbons (Fsp3) is 0.100. The van der Waals surface area contributed by atoms with Crippen LogP contribution in [0.1, 0.15) is 5.56 Å². The van der Waals surface area contributed by atoms with Crippen molar-refractivity contribution in [2.24, 2.45) is 11.5 Å². The van der Waals surface area contributed by atoms with Gasteiger partial charge >= 0.3 is 0 Å². The van der Waals surface area contributed by atoms with Gasteiger partial charge in [-0.3, -0.25) is 5.73 Å². The summed E-state index contributed by atoms with van der Waals surface area (Å²) in [5.74, 6) is -1.59. The zero-order valence-corrected chi connectivity index (χ0v) is 8.85. The van der Waals surface area contributed by atoms with Crippen LogP contribution >= 0.6 is 12.2 Å². The summed E-state index contributed by atoms with van der Waals surface area (Å²) in [7, 11) is 0. The number of halogens is 2. The van der Waals surface area contributed by atoms with E-state index in [0.717, 1.165) is 12.1 Å². The monoisotopic (exact) mass is 242 g/mol. The molecular weight excluding hydrogens is 234 g/mol. The van der Waals surface area contributed by atoms with Crippen LogP contribution in [0.2, 0.25) is 0 Å². The van der Waals surface area contributed by atoms with Crippen molar-refractivity contribution in [3.05, 3.63) is 34.9 Å². The molecule has 1 aliphatic heterocycles. The van der Waals surface area contributed by atoms with Crippen molar-refractivity contribution in [2.45, 2.75) is 6.23 Å². The van der Waals surface area contributed by atoms with Crippen molar-refractivity contribution < 1.29 is 13.5 Å². The van der Waals surface area contributed by atoms with Crippen LogP contribution in [0.5, 0.6) is 5.75 Å². The lowest BCUT2D eigenvalue weighted by molar-refractivity contribution is 0.235. The summed E-state index contributed by atoms with van der Waals surface area (Å²) in [6.07, 6.45) is 0.503. The van der Waals surface area contributed by atoms with Crippen molar-refractivity contribution in [1.82, 2.24) is 0 Å². The Hall–Kier alpha value is -1.53. The lowest BCUT2D eigenvalue weighted by atomic mass is 10.1. The quantitative estimate of drug-likeness (QED) is 0.729. The van der Waals surface area contributed by atoms with E-state index in [1.54, 1.807) is 0 Å². The smallest absolute Gasteiger partial charge is 0.177 e. The summed E-state index contributed by atoms with van der Waals surface area (Å²) >= 11 is 4.75. The van der Waals surface area contributed by atoms with Gasteiger partial charge < -0.3 is 10.5 Å². The molecule has 3 nitrogen and oxygen atoms in total. The Kier molecular flexibility index (Phi) is 2.61. The Morgan fingerprint density at radius 1 is 1.38 bits per heavy atom. The van der Waals surface area contributed by atoms with Crippen LogP contribution < -0.4 is 16.2 Å². The largest absolute Gasteiger partial charge is 0.468 e. The average molecular weight is 242 g/mol. The molecule has 6 heteroatoms. The first-order valence-corrected chi connectivity index (χ1v) is 4.82. The number of hydrogen-bond donors (Lipinski definition) is 2. The first-order chi connectivity index (χ1) is 7.49. The molecule has 0 saturated heterocycles. The van der Waals surface area contributed by atoms with Gasteiger partial charge in [-0.2, -0.15) is 0 Å². The number of benzene rings is 1. The highest BCUT2D eigenvalue weighted by Crippen LogP contribution is 2.31. The maximum absolute atomic E-state index is 13.3. The molecule has 4 N–H and O–H groups in total. The molecule has 84 valence electrons. The fourth-order valence-corrected chi connectivity index (χ4v) is 1.64. The molecule has 1 aromatic carbocycles. The van der Waals surface area contributed by atoms with Gasteiger partial charge in [0.05, 0.1) is 0 Å². The molecule has 1 aliphatic rings. The van der Waals surface area contributed by atoms with Gasteiger partial charge in [-0.1, -0.05) is 12.2 Å². The third-order valence-corrected chi connectivity index (χ3v) is 2.42. The molecule has 1 heterocycles. The predicted molar refractivity (Wildman–Crippen MR) is 59.7 cm³/mol. The van der Waals surface area contributed by atoms with Gasteiger partial charge in [0.15, 0.2) is 17.8 Å². The summed E-state index contributed by atoms with van der Waals surface area (Å²) in [6, 6.07) is 1.85. The maximum atomic E-state index is 13.3. The highest BCUT2D eigenvalue weighted by Gasteiger charge is 2.24. The van der Waals surface area contributed by atoms with Crippen LogP contribution in [0.25, 0.3) is 6.08 Å². The van der Waals surface area contributed by atoms with Crippen molar-refractivity contribution in [3.8, 4) is 5.75 Å². The molecule has 1 atom stereocenters. The summed E-state index contributed by atoms with van der Waals surface area (Å²) in [5, 5.41) is 0. The van der Waals surface area contributed by atoms with Crippen LogP contribution in [0.4, 0.5) is 8.78 Å². The van der Waals surface area contributed by atoms with Gasteiger partial charge in [-0.15, -0.1) is 0 Å². The van der Waals surface area contributed by atoms with Crippen LogP contribution in [0.15, 0.2) is 17.7 Å². The Morgan fingerprint density at radius 2 is 2.06 bits per heavy atom. The second-order valence-electron chi connectivity index (χ2n) is 3.31. The molecule has 0 spiro atoms. The van der Waals surface area contributed by atoms with Gasteiger partial charge in [-0.25, -0.2) is 8.78 Å². The van der Waals surface area contributed by atoms with Crippen LogP contribution in [-0.4, -0.2) is 11.2 Å². The van der Waals surface area contributed by atoms with Gasteiger partial charge in [0.1, 0.15) is 10.8 Å². The molecule has 0 bridgehead atoms. The topological polar surface area (TPSA) is 61.3 Å². The van der Waals surface area contributed by atoms with E-state index in [4.69, 9.17) is 28.4 Å². The minimum atomic E-state index is -0.926. The molecule has 1 aromatic rings.